The molecule has 0 aliphatic carbocycles. The Labute approximate surface area is 109 Å². The third-order valence-electron chi connectivity index (χ3n) is 2.73. The number of carbonyl (C=O) groups excluding carboxylic acids is 1. The number of hydrogen-bond donors (Lipinski definition) is 0. The lowest BCUT2D eigenvalue weighted by Crippen LogP contribution is -2.15. The zero-order valence-corrected chi connectivity index (χ0v) is 11.4. The average Bonchev–Trinajstić information content (AvgIpc) is 2.39. The maximum Gasteiger partial charge on any atom is 0.313 e. The molecular formula is C15H22O3. The Bertz CT molecular complexity index is 357. The topological polar surface area (TPSA) is 35.5 Å². The highest BCUT2D eigenvalue weighted by Gasteiger charge is 2.19. The molecule has 0 aromatic heterocycles. The lowest BCUT2D eigenvalue weighted by Gasteiger charge is -2.14. The van der Waals surface area contributed by atoms with Crippen molar-refractivity contribution in [1.29, 1.82) is 0 Å². The van der Waals surface area contributed by atoms with Crippen molar-refractivity contribution in [2.24, 2.45) is 0 Å². The van der Waals surface area contributed by atoms with Crippen LogP contribution in [0.4, 0.5) is 0 Å². The highest BCUT2D eigenvalue weighted by molar-refractivity contribution is 5.78. The number of benzene rings is 1. The first-order chi connectivity index (χ1) is 8.72. The van der Waals surface area contributed by atoms with E-state index in [4.69, 9.17) is 9.47 Å². The number of rotatable bonds is 7. The molecule has 0 heterocycles. The molecule has 0 bridgehead atoms. The summed E-state index contributed by atoms with van der Waals surface area (Å²) in [5, 5.41) is 0. The van der Waals surface area contributed by atoms with Crippen molar-refractivity contribution in [3.8, 4) is 5.75 Å². The molecule has 3 nitrogen and oxygen atoms in total. The van der Waals surface area contributed by atoms with E-state index in [2.05, 4.69) is 6.92 Å². The molecule has 0 amide bonds. The second-order valence-corrected chi connectivity index (χ2v) is 4.13. The molecule has 0 N–H and O–H groups in total. The zero-order valence-electron chi connectivity index (χ0n) is 11.4. The maximum absolute atomic E-state index is 11.8. The van der Waals surface area contributed by atoms with Crippen molar-refractivity contribution in [2.75, 3.05) is 13.2 Å². The molecule has 1 atom stereocenters. The van der Waals surface area contributed by atoms with Crippen molar-refractivity contribution in [3.63, 3.8) is 0 Å². The fourth-order valence-corrected chi connectivity index (χ4v) is 1.80. The highest BCUT2D eigenvalue weighted by Crippen LogP contribution is 2.23. The third-order valence-corrected chi connectivity index (χ3v) is 2.73. The SMILES string of the molecule is CCCOc1ccc(C(CC)C(=O)OCC)cc1. The van der Waals surface area contributed by atoms with Gasteiger partial charge in [-0.05, 0) is 37.5 Å². The number of ether oxygens (including phenoxy) is 2. The Kier molecular flexibility index (Phi) is 6.26. The standard InChI is InChI=1S/C15H22O3/c1-4-11-18-13-9-7-12(8-10-13)14(5-2)15(16)17-6-3/h7-10,14H,4-6,11H2,1-3H3. The minimum absolute atomic E-state index is 0.151. The molecule has 1 aromatic rings. The minimum Gasteiger partial charge on any atom is -0.494 e. The van der Waals surface area contributed by atoms with Gasteiger partial charge in [-0.2, -0.15) is 0 Å². The van der Waals surface area contributed by atoms with Gasteiger partial charge in [-0.3, -0.25) is 4.79 Å². The summed E-state index contributed by atoms with van der Waals surface area (Å²) in [4.78, 5) is 11.8. The van der Waals surface area contributed by atoms with Crippen LogP contribution < -0.4 is 4.74 Å². The van der Waals surface area contributed by atoms with E-state index in [0.717, 1.165) is 24.2 Å². The van der Waals surface area contributed by atoms with Crippen LogP contribution in [0.3, 0.4) is 0 Å². The molecule has 0 aliphatic heterocycles. The minimum atomic E-state index is -0.176. The largest absolute Gasteiger partial charge is 0.494 e. The lowest BCUT2D eigenvalue weighted by atomic mass is 9.96. The van der Waals surface area contributed by atoms with Gasteiger partial charge in [0.2, 0.25) is 0 Å². The average molecular weight is 250 g/mol. The van der Waals surface area contributed by atoms with Gasteiger partial charge in [-0.1, -0.05) is 26.0 Å². The Morgan fingerprint density at radius 2 is 1.83 bits per heavy atom. The van der Waals surface area contributed by atoms with E-state index < -0.39 is 0 Å². The molecule has 18 heavy (non-hydrogen) atoms. The molecule has 3 heteroatoms. The monoisotopic (exact) mass is 250 g/mol. The van der Waals surface area contributed by atoms with Crippen molar-refractivity contribution in [3.05, 3.63) is 29.8 Å². The second-order valence-electron chi connectivity index (χ2n) is 4.13. The van der Waals surface area contributed by atoms with Crippen molar-refractivity contribution in [2.45, 2.75) is 39.5 Å². The fourth-order valence-electron chi connectivity index (χ4n) is 1.80. The Morgan fingerprint density at radius 1 is 1.17 bits per heavy atom. The summed E-state index contributed by atoms with van der Waals surface area (Å²) in [7, 11) is 0. The van der Waals surface area contributed by atoms with Crippen LogP contribution in [0.15, 0.2) is 24.3 Å². The fraction of sp³-hybridized carbons (Fsp3) is 0.533. The van der Waals surface area contributed by atoms with Crippen LogP contribution in [0.5, 0.6) is 5.75 Å². The van der Waals surface area contributed by atoms with E-state index in [1.165, 1.54) is 0 Å². The quantitative estimate of drug-likeness (QED) is 0.694. The van der Waals surface area contributed by atoms with E-state index in [9.17, 15) is 4.79 Å². The van der Waals surface area contributed by atoms with Gasteiger partial charge < -0.3 is 9.47 Å². The van der Waals surface area contributed by atoms with Crippen LogP contribution in [0.2, 0.25) is 0 Å². The van der Waals surface area contributed by atoms with Gasteiger partial charge in [0.25, 0.3) is 0 Å². The van der Waals surface area contributed by atoms with Crippen LogP contribution in [0.25, 0.3) is 0 Å². The Morgan fingerprint density at radius 3 is 2.33 bits per heavy atom. The summed E-state index contributed by atoms with van der Waals surface area (Å²) < 4.78 is 10.6. The van der Waals surface area contributed by atoms with Gasteiger partial charge in [-0.15, -0.1) is 0 Å². The predicted octanol–water partition coefficient (Wildman–Crippen LogP) is 3.53. The molecule has 0 radical (unpaired) electrons. The van der Waals surface area contributed by atoms with E-state index in [1.54, 1.807) is 0 Å². The normalized spacial score (nSPS) is 11.9. The third kappa shape index (κ3) is 4.06. The van der Waals surface area contributed by atoms with Gasteiger partial charge in [0, 0.05) is 0 Å². The summed E-state index contributed by atoms with van der Waals surface area (Å²) in [6.45, 7) is 7.03. The van der Waals surface area contributed by atoms with Gasteiger partial charge in [0.15, 0.2) is 0 Å². The molecule has 1 aromatic carbocycles. The molecule has 1 unspecified atom stereocenters. The summed E-state index contributed by atoms with van der Waals surface area (Å²) in [5.74, 6) is 0.520. The smallest absolute Gasteiger partial charge is 0.313 e. The highest BCUT2D eigenvalue weighted by atomic mass is 16.5. The van der Waals surface area contributed by atoms with Gasteiger partial charge in [0.1, 0.15) is 5.75 Å². The number of esters is 1. The maximum atomic E-state index is 11.8. The van der Waals surface area contributed by atoms with E-state index >= 15 is 0 Å². The zero-order chi connectivity index (χ0) is 13.4. The van der Waals surface area contributed by atoms with E-state index in [-0.39, 0.29) is 11.9 Å². The summed E-state index contributed by atoms with van der Waals surface area (Å²) in [6.07, 6.45) is 1.73. The van der Waals surface area contributed by atoms with E-state index in [0.29, 0.717) is 13.2 Å². The number of hydrogen-bond acceptors (Lipinski definition) is 3. The molecule has 1 rings (SSSR count). The Balaban J connectivity index is 2.72. The number of carbonyl (C=O) groups is 1. The first-order valence-corrected chi connectivity index (χ1v) is 6.62. The van der Waals surface area contributed by atoms with Crippen LogP contribution in [-0.4, -0.2) is 19.2 Å². The molecule has 100 valence electrons. The molecule has 0 spiro atoms. The molecule has 0 fully saturated rings. The molecule has 0 saturated carbocycles. The lowest BCUT2D eigenvalue weighted by molar-refractivity contribution is -0.145. The van der Waals surface area contributed by atoms with E-state index in [1.807, 2.05) is 38.1 Å². The predicted molar refractivity (Wildman–Crippen MR) is 71.9 cm³/mol. The van der Waals surface area contributed by atoms with Gasteiger partial charge in [-0.25, -0.2) is 0 Å². The van der Waals surface area contributed by atoms with Crippen LogP contribution >= 0.6 is 0 Å². The molecule has 0 aliphatic rings. The van der Waals surface area contributed by atoms with Crippen molar-refractivity contribution >= 4 is 5.97 Å². The summed E-state index contributed by atoms with van der Waals surface area (Å²) in [6, 6.07) is 7.70. The molecule has 0 saturated heterocycles. The van der Waals surface area contributed by atoms with Gasteiger partial charge >= 0.3 is 5.97 Å². The van der Waals surface area contributed by atoms with Crippen LogP contribution in [0.1, 0.15) is 45.1 Å². The second kappa shape index (κ2) is 7.75. The van der Waals surface area contributed by atoms with Gasteiger partial charge in [0.05, 0.1) is 19.1 Å². The first-order valence-electron chi connectivity index (χ1n) is 6.62. The summed E-state index contributed by atoms with van der Waals surface area (Å²) >= 11 is 0. The Hall–Kier alpha value is -1.51. The summed E-state index contributed by atoms with van der Waals surface area (Å²) in [5.41, 5.74) is 0.986. The van der Waals surface area contributed by atoms with Crippen molar-refractivity contribution in [1.82, 2.24) is 0 Å². The van der Waals surface area contributed by atoms with Crippen LogP contribution in [-0.2, 0) is 9.53 Å². The first kappa shape index (κ1) is 14.6. The van der Waals surface area contributed by atoms with Crippen LogP contribution in [0, 0.1) is 0 Å². The molecular weight excluding hydrogens is 228 g/mol. The van der Waals surface area contributed by atoms with Crippen molar-refractivity contribution < 1.29 is 14.3 Å².